The van der Waals surface area contributed by atoms with Gasteiger partial charge in [0.1, 0.15) is 11.3 Å². The van der Waals surface area contributed by atoms with Gasteiger partial charge in [0.05, 0.1) is 11.4 Å². The maximum atomic E-state index is 10.8. The summed E-state index contributed by atoms with van der Waals surface area (Å²) in [6.45, 7) is 0. The lowest BCUT2D eigenvalue weighted by atomic mass is 10.2. The van der Waals surface area contributed by atoms with E-state index in [0.717, 1.165) is 5.69 Å². The number of phenols is 1. The smallest absolute Gasteiger partial charge is 0.339 e. The summed E-state index contributed by atoms with van der Waals surface area (Å²) < 4.78 is 0. The van der Waals surface area contributed by atoms with Crippen molar-refractivity contribution in [2.75, 3.05) is 19.0 Å². The molecule has 0 spiro atoms. The second kappa shape index (κ2) is 6.04. The monoisotopic (exact) mass is 285 g/mol. The quantitative estimate of drug-likeness (QED) is 0.841. The Hall–Kier alpha value is -2.89. The number of hydrogen-bond donors (Lipinski definition) is 2. The van der Waals surface area contributed by atoms with Crippen LogP contribution in [-0.4, -0.2) is 30.3 Å². The van der Waals surface area contributed by atoms with Crippen LogP contribution in [0.15, 0.2) is 52.7 Å². The zero-order valence-corrected chi connectivity index (χ0v) is 11.7. The van der Waals surface area contributed by atoms with Crippen molar-refractivity contribution in [3.8, 4) is 5.75 Å². The zero-order chi connectivity index (χ0) is 15.4. The number of anilines is 1. The lowest BCUT2D eigenvalue weighted by Gasteiger charge is -2.11. The molecule has 2 N–H and O–H groups in total. The highest BCUT2D eigenvalue weighted by Gasteiger charge is 2.09. The van der Waals surface area contributed by atoms with Gasteiger partial charge in [0, 0.05) is 25.8 Å². The van der Waals surface area contributed by atoms with Crippen molar-refractivity contribution < 1.29 is 15.0 Å². The summed E-state index contributed by atoms with van der Waals surface area (Å²) >= 11 is 0. The third kappa shape index (κ3) is 3.56. The first kappa shape index (κ1) is 14.5. The molecule has 0 bridgehead atoms. The summed E-state index contributed by atoms with van der Waals surface area (Å²) in [5, 5.41) is 26.4. The summed E-state index contributed by atoms with van der Waals surface area (Å²) in [4.78, 5) is 12.8. The summed E-state index contributed by atoms with van der Waals surface area (Å²) in [6, 6.07) is 11.5. The van der Waals surface area contributed by atoms with Crippen LogP contribution in [0.2, 0.25) is 0 Å². The van der Waals surface area contributed by atoms with Crippen LogP contribution in [0, 0.1) is 0 Å². The Morgan fingerprint density at radius 3 is 2.10 bits per heavy atom. The van der Waals surface area contributed by atoms with Crippen molar-refractivity contribution >= 4 is 23.0 Å². The third-order valence-corrected chi connectivity index (χ3v) is 2.86. The van der Waals surface area contributed by atoms with E-state index in [9.17, 15) is 9.90 Å². The molecule has 2 aromatic carbocycles. The van der Waals surface area contributed by atoms with E-state index in [2.05, 4.69) is 10.2 Å². The van der Waals surface area contributed by atoms with Crippen LogP contribution < -0.4 is 4.90 Å². The van der Waals surface area contributed by atoms with Gasteiger partial charge in [-0.3, -0.25) is 0 Å². The highest BCUT2D eigenvalue weighted by molar-refractivity contribution is 5.91. The van der Waals surface area contributed by atoms with Crippen LogP contribution in [0.25, 0.3) is 0 Å². The van der Waals surface area contributed by atoms with Gasteiger partial charge in [-0.2, -0.15) is 10.2 Å². The Labute approximate surface area is 122 Å². The molecule has 0 radical (unpaired) electrons. The van der Waals surface area contributed by atoms with Gasteiger partial charge >= 0.3 is 5.97 Å². The molecular formula is C15H15N3O3. The molecule has 2 aromatic rings. The molecule has 108 valence electrons. The van der Waals surface area contributed by atoms with Crippen LogP contribution in [0.5, 0.6) is 5.75 Å². The van der Waals surface area contributed by atoms with Gasteiger partial charge in [0.25, 0.3) is 0 Å². The number of aromatic carboxylic acids is 1. The summed E-state index contributed by atoms with van der Waals surface area (Å²) in [6.07, 6.45) is 0. The third-order valence-electron chi connectivity index (χ3n) is 2.86. The first-order chi connectivity index (χ1) is 9.97. The number of hydrogen-bond acceptors (Lipinski definition) is 5. The normalized spacial score (nSPS) is 10.8. The fourth-order valence-electron chi connectivity index (χ4n) is 1.70. The van der Waals surface area contributed by atoms with Crippen molar-refractivity contribution in [1.82, 2.24) is 0 Å². The average molecular weight is 285 g/mol. The Kier molecular flexibility index (Phi) is 4.18. The van der Waals surface area contributed by atoms with Crippen LogP contribution in [0.3, 0.4) is 0 Å². The second-order valence-corrected chi connectivity index (χ2v) is 4.62. The molecule has 0 saturated heterocycles. The van der Waals surface area contributed by atoms with E-state index in [1.165, 1.54) is 18.2 Å². The highest BCUT2D eigenvalue weighted by atomic mass is 16.4. The first-order valence-electron chi connectivity index (χ1n) is 6.23. The molecule has 21 heavy (non-hydrogen) atoms. The van der Waals surface area contributed by atoms with Crippen LogP contribution in [0.1, 0.15) is 10.4 Å². The molecule has 0 heterocycles. The molecule has 2 rings (SSSR count). The van der Waals surface area contributed by atoms with Crippen molar-refractivity contribution in [3.05, 3.63) is 48.0 Å². The highest BCUT2D eigenvalue weighted by Crippen LogP contribution is 2.26. The molecule has 0 fully saturated rings. The number of carboxylic acid groups (broad SMARTS) is 1. The summed E-state index contributed by atoms with van der Waals surface area (Å²) in [7, 11) is 3.90. The molecule has 0 aliphatic rings. The molecule has 0 atom stereocenters. The molecule has 0 unspecified atom stereocenters. The molecular weight excluding hydrogens is 270 g/mol. The SMILES string of the molecule is CN(C)c1ccc(/N=N/c2ccc(C(=O)O)c(O)c2)cc1. The van der Waals surface area contributed by atoms with Gasteiger partial charge in [-0.1, -0.05) is 0 Å². The molecule has 0 aliphatic heterocycles. The van der Waals surface area contributed by atoms with E-state index in [-0.39, 0.29) is 11.3 Å². The Morgan fingerprint density at radius 2 is 1.57 bits per heavy atom. The number of benzene rings is 2. The number of azo groups is 1. The molecule has 6 nitrogen and oxygen atoms in total. The topological polar surface area (TPSA) is 85.5 Å². The Morgan fingerprint density at radius 1 is 1.00 bits per heavy atom. The van der Waals surface area contributed by atoms with Gasteiger partial charge in [0.15, 0.2) is 0 Å². The predicted octanol–water partition coefficient (Wildman–Crippen LogP) is 3.57. The van der Waals surface area contributed by atoms with Gasteiger partial charge in [0.2, 0.25) is 0 Å². The lowest BCUT2D eigenvalue weighted by Crippen LogP contribution is -2.07. The fraction of sp³-hybridized carbons (Fsp3) is 0.133. The predicted molar refractivity (Wildman–Crippen MR) is 80.0 cm³/mol. The van der Waals surface area contributed by atoms with Gasteiger partial charge in [-0.15, -0.1) is 0 Å². The van der Waals surface area contributed by atoms with Crippen molar-refractivity contribution in [2.24, 2.45) is 10.2 Å². The standard InChI is InChI=1S/C15H15N3O3/c1-18(2)12-6-3-10(4-7-12)16-17-11-5-8-13(15(20)21)14(19)9-11/h3-9,19H,1-2H3,(H,20,21)/b17-16+. The van der Waals surface area contributed by atoms with Crippen LogP contribution in [-0.2, 0) is 0 Å². The molecule has 0 amide bonds. The number of aromatic hydroxyl groups is 1. The van der Waals surface area contributed by atoms with Crippen molar-refractivity contribution in [3.63, 3.8) is 0 Å². The largest absolute Gasteiger partial charge is 0.507 e. The second-order valence-electron chi connectivity index (χ2n) is 4.62. The lowest BCUT2D eigenvalue weighted by molar-refractivity contribution is 0.0694. The van der Waals surface area contributed by atoms with E-state index >= 15 is 0 Å². The van der Waals surface area contributed by atoms with Gasteiger partial charge < -0.3 is 15.1 Å². The number of carbonyl (C=O) groups is 1. The average Bonchev–Trinajstić information content (AvgIpc) is 2.45. The minimum Gasteiger partial charge on any atom is -0.507 e. The zero-order valence-electron chi connectivity index (χ0n) is 11.7. The number of rotatable bonds is 4. The van der Waals surface area contributed by atoms with Crippen molar-refractivity contribution in [2.45, 2.75) is 0 Å². The summed E-state index contributed by atoms with van der Waals surface area (Å²) in [5.41, 5.74) is 1.94. The molecule has 0 saturated carbocycles. The van der Waals surface area contributed by atoms with Crippen molar-refractivity contribution in [1.29, 1.82) is 0 Å². The number of carboxylic acids is 1. The Bertz CT molecular complexity index is 679. The van der Waals surface area contributed by atoms with Crippen LogP contribution >= 0.6 is 0 Å². The maximum absolute atomic E-state index is 10.8. The van der Waals surface area contributed by atoms with E-state index < -0.39 is 5.97 Å². The summed E-state index contributed by atoms with van der Waals surface area (Å²) in [5.74, 6) is -1.52. The van der Waals surface area contributed by atoms with E-state index in [4.69, 9.17) is 5.11 Å². The number of nitrogens with zero attached hydrogens (tertiary/aromatic N) is 3. The van der Waals surface area contributed by atoms with E-state index in [1.807, 2.05) is 43.3 Å². The van der Waals surface area contributed by atoms with E-state index in [1.54, 1.807) is 0 Å². The first-order valence-corrected chi connectivity index (χ1v) is 6.23. The maximum Gasteiger partial charge on any atom is 0.339 e. The van der Waals surface area contributed by atoms with E-state index in [0.29, 0.717) is 11.4 Å². The molecule has 0 aromatic heterocycles. The Balaban J connectivity index is 2.17. The van der Waals surface area contributed by atoms with Gasteiger partial charge in [-0.25, -0.2) is 4.79 Å². The molecule has 6 heteroatoms. The molecule has 0 aliphatic carbocycles. The van der Waals surface area contributed by atoms with Gasteiger partial charge in [-0.05, 0) is 36.4 Å². The fourth-order valence-corrected chi connectivity index (χ4v) is 1.70. The minimum absolute atomic E-state index is 0.163. The van der Waals surface area contributed by atoms with Crippen LogP contribution in [0.4, 0.5) is 17.1 Å². The minimum atomic E-state index is -1.18.